The van der Waals surface area contributed by atoms with Crippen LogP contribution in [0.2, 0.25) is 5.02 Å². The molecule has 0 saturated carbocycles. The van der Waals surface area contributed by atoms with Crippen LogP contribution in [0.3, 0.4) is 0 Å². The molecule has 0 saturated heterocycles. The van der Waals surface area contributed by atoms with E-state index in [0.29, 0.717) is 10.8 Å². The van der Waals surface area contributed by atoms with Gasteiger partial charge in [-0.15, -0.1) is 0 Å². The quantitative estimate of drug-likeness (QED) is 0.637. The zero-order chi connectivity index (χ0) is 12.4. The number of halogens is 1. The molecule has 0 radical (unpaired) electrons. The van der Waals surface area contributed by atoms with Crippen LogP contribution in [0.5, 0.6) is 0 Å². The molecule has 1 heterocycles. The van der Waals surface area contributed by atoms with E-state index in [2.05, 4.69) is 0 Å². The molecule has 1 amide bonds. The average molecular weight is 252 g/mol. The summed E-state index contributed by atoms with van der Waals surface area (Å²) in [5.74, 6) is -0.0718. The highest BCUT2D eigenvalue weighted by atomic mass is 35.5. The van der Waals surface area contributed by atoms with Gasteiger partial charge in [-0.1, -0.05) is 11.6 Å². The van der Waals surface area contributed by atoms with E-state index in [1.807, 2.05) is 19.1 Å². The molecule has 0 bridgehead atoms. The third-order valence-corrected chi connectivity index (χ3v) is 2.62. The molecule has 4 nitrogen and oxygen atoms in total. The van der Waals surface area contributed by atoms with Crippen LogP contribution >= 0.6 is 11.6 Å². The van der Waals surface area contributed by atoms with Gasteiger partial charge in [-0.3, -0.25) is 10.0 Å². The van der Waals surface area contributed by atoms with E-state index >= 15 is 0 Å². The number of rotatable bonds is 2. The predicted molar refractivity (Wildman–Crippen MR) is 63.1 cm³/mol. The Morgan fingerprint density at radius 1 is 1.35 bits per heavy atom. The fraction of sp³-hybridized carbons (Fsp3) is 0.0833. The number of furan rings is 1. The minimum atomic E-state index is -0.678. The largest absolute Gasteiger partial charge is 0.451 e. The van der Waals surface area contributed by atoms with E-state index in [4.69, 9.17) is 21.2 Å². The summed E-state index contributed by atoms with van der Waals surface area (Å²) < 4.78 is 5.33. The third kappa shape index (κ3) is 2.33. The molecule has 2 N–H and O–H groups in total. The lowest BCUT2D eigenvalue weighted by atomic mass is 10.1. The smallest absolute Gasteiger partial charge is 0.310 e. The summed E-state index contributed by atoms with van der Waals surface area (Å²) in [4.78, 5) is 11.1. The second-order valence-electron chi connectivity index (χ2n) is 3.56. The van der Waals surface area contributed by atoms with Gasteiger partial charge in [0.15, 0.2) is 5.76 Å². The number of hydroxylamine groups is 1. The van der Waals surface area contributed by atoms with Crippen molar-refractivity contribution in [1.29, 1.82) is 0 Å². The minimum Gasteiger partial charge on any atom is -0.451 e. The first-order valence-corrected chi connectivity index (χ1v) is 5.30. The molecule has 5 heteroatoms. The van der Waals surface area contributed by atoms with Crippen LogP contribution in [0.4, 0.5) is 0 Å². The molecule has 0 fully saturated rings. The molecular weight excluding hydrogens is 242 g/mol. The molecular formula is C12H10ClNO3. The summed E-state index contributed by atoms with van der Waals surface area (Å²) in [5.41, 5.74) is 3.32. The first kappa shape index (κ1) is 11.7. The van der Waals surface area contributed by atoms with Crippen molar-refractivity contribution in [2.24, 2.45) is 0 Å². The Kier molecular flexibility index (Phi) is 3.17. The zero-order valence-corrected chi connectivity index (χ0v) is 9.78. The molecule has 17 heavy (non-hydrogen) atoms. The standard InChI is InChI=1S/C12H10ClNO3/c1-7-6-8(13)2-3-9(7)10-4-5-11(17-10)12(15)14-16/h2-6,16H,1H3,(H,14,15). The van der Waals surface area contributed by atoms with Gasteiger partial charge in [-0.2, -0.15) is 0 Å². The van der Waals surface area contributed by atoms with Crippen LogP contribution in [0.1, 0.15) is 16.1 Å². The fourth-order valence-corrected chi connectivity index (χ4v) is 1.79. The van der Waals surface area contributed by atoms with E-state index in [0.717, 1.165) is 11.1 Å². The number of nitrogens with one attached hydrogen (secondary N) is 1. The summed E-state index contributed by atoms with van der Waals surface area (Å²) in [6.07, 6.45) is 0. The highest BCUT2D eigenvalue weighted by Crippen LogP contribution is 2.27. The first-order chi connectivity index (χ1) is 8.11. The Balaban J connectivity index is 2.40. The molecule has 2 aromatic rings. The fourth-order valence-electron chi connectivity index (χ4n) is 1.56. The van der Waals surface area contributed by atoms with E-state index in [1.54, 1.807) is 12.1 Å². The monoisotopic (exact) mass is 251 g/mol. The molecule has 0 unspecified atom stereocenters. The maximum atomic E-state index is 11.1. The first-order valence-electron chi connectivity index (χ1n) is 4.92. The van der Waals surface area contributed by atoms with Crippen LogP contribution in [-0.2, 0) is 0 Å². The number of hydrogen-bond donors (Lipinski definition) is 2. The molecule has 0 aliphatic heterocycles. The van der Waals surface area contributed by atoms with Crippen molar-refractivity contribution in [3.05, 3.63) is 46.7 Å². The Labute approximate surface area is 103 Å². The summed E-state index contributed by atoms with van der Waals surface area (Å²) in [6, 6.07) is 8.54. The van der Waals surface area contributed by atoms with Gasteiger partial charge in [-0.25, -0.2) is 5.48 Å². The van der Waals surface area contributed by atoms with Crippen molar-refractivity contribution in [3.8, 4) is 11.3 Å². The SMILES string of the molecule is Cc1cc(Cl)ccc1-c1ccc(C(=O)NO)o1. The zero-order valence-electron chi connectivity index (χ0n) is 9.03. The van der Waals surface area contributed by atoms with Crippen LogP contribution in [0, 0.1) is 6.92 Å². The number of benzene rings is 1. The molecule has 1 aromatic heterocycles. The summed E-state index contributed by atoms with van der Waals surface area (Å²) in [5, 5.41) is 9.13. The number of carbonyl (C=O) groups is 1. The Morgan fingerprint density at radius 3 is 2.76 bits per heavy atom. The summed E-state index contributed by atoms with van der Waals surface area (Å²) >= 11 is 5.85. The highest BCUT2D eigenvalue weighted by molar-refractivity contribution is 6.30. The Morgan fingerprint density at radius 2 is 2.12 bits per heavy atom. The van der Waals surface area contributed by atoms with Crippen LogP contribution in [0.15, 0.2) is 34.7 Å². The van der Waals surface area contributed by atoms with Crippen LogP contribution in [-0.4, -0.2) is 11.1 Å². The van der Waals surface area contributed by atoms with E-state index < -0.39 is 5.91 Å². The topological polar surface area (TPSA) is 62.5 Å². The molecule has 1 aromatic carbocycles. The number of amides is 1. The lowest BCUT2D eigenvalue weighted by molar-refractivity contribution is 0.0677. The highest BCUT2D eigenvalue weighted by Gasteiger charge is 2.12. The van der Waals surface area contributed by atoms with Gasteiger partial charge in [0.05, 0.1) is 0 Å². The molecule has 0 atom stereocenters. The Bertz CT molecular complexity index is 563. The van der Waals surface area contributed by atoms with E-state index in [9.17, 15) is 4.79 Å². The van der Waals surface area contributed by atoms with Crippen molar-refractivity contribution in [3.63, 3.8) is 0 Å². The van der Waals surface area contributed by atoms with E-state index in [-0.39, 0.29) is 5.76 Å². The van der Waals surface area contributed by atoms with Crippen LogP contribution < -0.4 is 5.48 Å². The Hall–Kier alpha value is -1.78. The van der Waals surface area contributed by atoms with Crippen molar-refractivity contribution in [2.45, 2.75) is 6.92 Å². The maximum Gasteiger partial charge on any atom is 0.310 e. The van der Waals surface area contributed by atoms with Gasteiger partial charge in [0, 0.05) is 10.6 Å². The number of aryl methyl sites for hydroxylation is 1. The van der Waals surface area contributed by atoms with Crippen LogP contribution in [0.25, 0.3) is 11.3 Å². The normalized spacial score (nSPS) is 10.3. The second-order valence-corrected chi connectivity index (χ2v) is 4.00. The van der Waals surface area contributed by atoms with Gasteiger partial charge < -0.3 is 4.42 Å². The molecule has 2 rings (SSSR count). The van der Waals surface area contributed by atoms with E-state index in [1.165, 1.54) is 11.5 Å². The maximum absolute atomic E-state index is 11.1. The van der Waals surface area contributed by atoms with Gasteiger partial charge >= 0.3 is 5.91 Å². The molecule has 0 aliphatic carbocycles. The lowest BCUT2D eigenvalue weighted by Crippen LogP contribution is -2.17. The van der Waals surface area contributed by atoms with Crippen molar-refractivity contribution in [2.75, 3.05) is 0 Å². The predicted octanol–water partition coefficient (Wildman–Crippen LogP) is 3.03. The third-order valence-electron chi connectivity index (χ3n) is 2.39. The van der Waals surface area contributed by atoms with Gasteiger partial charge in [-0.05, 0) is 42.8 Å². The van der Waals surface area contributed by atoms with Gasteiger partial charge in [0.1, 0.15) is 5.76 Å². The summed E-state index contributed by atoms with van der Waals surface area (Å²) in [7, 11) is 0. The van der Waals surface area contributed by atoms with Crippen molar-refractivity contribution >= 4 is 17.5 Å². The lowest BCUT2D eigenvalue weighted by Gasteiger charge is -2.02. The number of hydrogen-bond acceptors (Lipinski definition) is 3. The minimum absolute atomic E-state index is 0.0526. The van der Waals surface area contributed by atoms with Gasteiger partial charge in [0.2, 0.25) is 0 Å². The molecule has 0 spiro atoms. The molecule has 88 valence electrons. The second kappa shape index (κ2) is 4.61. The molecule has 0 aliphatic rings. The summed E-state index contributed by atoms with van der Waals surface area (Å²) in [6.45, 7) is 1.90. The number of carbonyl (C=O) groups excluding carboxylic acids is 1. The van der Waals surface area contributed by atoms with Gasteiger partial charge in [0.25, 0.3) is 0 Å². The average Bonchev–Trinajstić information content (AvgIpc) is 2.77. The van der Waals surface area contributed by atoms with Crippen molar-refractivity contribution in [1.82, 2.24) is 5.48 Å². The van der Waals surface area contributed by atoms with Crippen molar-refractivity contribution < 1.29 is 14.4 Å².